The van der Waals surface area contributed by atoms with Gasteiger partial charge < -0.3 is 9.67 Å². The lowest BCUT2D eigenvalue weighted by molar-refractivity contribution is 0.276. The Morgan fingerprint density at radius 2 is 2.18 bits per heavy atom. The number of nitrogens with zero attached hydrogens (tertiary/aromatic N) is 2. The van der Waals surface area contributed by atoms with Crippen LogP contribution in [0.25, 0.3) is 0 Å². The summed E-state index contributed by atoms with van der Waals surface area (Å²) in [7, 11) is 1.97. The van der Waals surface area contributed by atoms with E-state index >= 15 is 0 Å². The molecule has 1 heterocycles. The quantitative estimate of drug-likeness (QED) is 0.683. The lowest BCUT2D eigenvalue weighted by atomic mass is 10.4. The van der Waals surface area contributed by atoms with Crippen molar-refractivity contribution in [2.24, 2.45) is 7.05 Å². The normalized spacial score (nSPS) is 10.5. The van der Waals surface area contributed by atoms with Crippen molar-refractivity contribution in [1.29, 1.82) is 0 Å². The maximum absolute atomic E-state index is 8.88. The predicted molar refractivity (Wildman–Crippen MR) is 43.2 cm³/mol. The van der Waals surface area contributed by atoms with Gasteiger partial charge in [0.15, 0.2) is 0 Å². The van der Waals surface area contributed by atoms with E-state index in [9.17, 15) is 0 Å². The number of hydrogen-bond acceptors (Lipinski definition) is 2. The molecule has 0 spiro atoms. The molecular weight excluding hydrogens is 140 g/mol. The number of aliphatic hydroxyl groups excluding tert-OH is 1. The second-order valence-corrected chi connectivity index (χ2v) is 2.63. The molecule has 1 N–H and O–H groups in total. The molecule has 0 fully saturated rings. The molecule has 0 aliphatic heterocycles. The van der Waals surface area contributed by atoms with Gasteiger partial charge in [0, 0.05) is 19.2 Å². The van der Waals surface area contributed by atoms with Crippen molar-refractivity contribution in [3.8, 4) is 0 Å². The zero-order chi connectivity index (χ0) is 8.43. The second-order valence-electron chi connectivity index (χ2n) is 2.63. The Kier molecular flexibility index (Phi) is 2.29. The van der Waals surface area contributed by atoms with Crippen LogP contribution in [0.5, 0.6) is 0 Å². The van der Waals surface area contributed by atoms with Crippen LogP contribution in [0.4, 0.5) is 0 Å². The van der Waals surface area contributed by atoms with E-state index in [4.69, 9.17) is 5.11 Å². The van der Waals surface area contributed by atoms with Crippen LogP contribution in [0.2, 0.25) is 0 Å². The maximum Gasteiger partial charge on any atom is 0.108 e. The molecule has 0 amide bonds. The van der Waals surface area contributed by atoms with Crippen LogP contribution in [0.15, 0.2) is 0 Å². The third kappa shape index (κ3) is 1.28. The molecule has 0 saturated carbocycles. The Balaban J connectivity index is 3.12. The molecule has 0 radical (unpaired) electrons. The molecule has 3 heteroatoms. The number of aryl methyl sites for hydroxylation is 1. The first-order valence-electron chi connectivity index (χ1n) is 3.82. The molecule has 11 heavy (non-hydrogen) atoms. The minimum absolute atomic E-state index is 0.0413. The molecule has 0 bridgehead atoms. The summed E-state index contributed by atoms with van der Waals surface area (Å²) in [6.45, 7) is 4.07. The van der Waals surface area contributed by atoms with Crippen molar-refractivity contribution in [3.63, 3.8) is 0 Å². The summed E-state index contributed by atoms with van der Waals surface area (Å²) < 4.78 is 2.02. The summed E-state index contributed by atoms with van der Waals surface area (Å²) in [6.07, 6.45) is 0.914. The fourth-order valence-electron chi connectivity index (χ4n) is 1.16. The molecule has 1 aromatic heterocycles. The van der Waals surface area contributed by atoms with Crippen LogP contribution < -0.4 is 0 Å². The predicted octanol–water partition coefficient (Wildman–Crippen LogP) is 0.783. The monoisotopic (exact) mass is 154 g/mol. The van der Waals surface area contributed by atoms with E-state index in [1.807, 2.05) is 18.5 Å². The Morgan fingerprint density at radius 3 is 2.45 bits per heavy atom. The Labute approximate surface area is 66.7 Å². The number of aliphatic hydroxyl groups is 1. The molecule has 0 unspecified atom stereocenters. The van der Waals surface area contributed by atoms with Gasteiger partial charge in [-0.05, 0) is 6.92 Å². The smallest absolute Gasteiger partial charge is 0.108 e. The highest BCUT2D eigenvalue weighted by atomic mass is 16.3. The van der Waals surface area contributed by atoms with Gasteiger partial charge in [-0.2, -0.15) is 0 Å². The minimum Gasteiger partial charge on any atom is -0.390 e. The SMILES string of the molecule is CCc1nc(CO)c(C)n1C. The van der Waals surface area contributed by atoms with Gasteiger partial charge in [0.2, 0.25) is 0 Å². The summed E-state index contributed by atoms with van der Waals surface area (Å²) in [5.41, 5.74) is 1.86. The summed E-state index contributed by atoms with van der Waals surface area (Å²) >= 11 is 0. The van der Waals surface area contributed by atoms with E-state index in [2.05, 4.69) is 11.9 Å². The number of hydrogen-bond donors (Lipinski definition) is 1. The van der Waals surface area contributed by atoms with Crippen LogP contribution in [-0.2, 0) is 20.1 Å². The molecule has 1 aromatic rings. The molecule has 0 aromatic carbocycles. The van der Waals surface area contributed by atoms with Gasteiger partial charge in [-0.25, -0.2) is 4.98 Å². The van der Waals surface area contributed by atoms with Crippen molar-refractivity contribution < 1.29 is 5.11 Å². The molecule has 0 aliphatic rings. The third-order valence-electron chi connectivity index (χ3n) is 2.04. The molecule has 0 aliphatic carbocycles. The van der Waals surface area contributed by atoms with Gasteiger partial charge in [0.1, 0.15) is 5.82 Å². The van der Waals surface area contributed by atoms with Gasteiger partial charge in [0.05, 0.1) is 12.3 Å². The van der Waals surface area contributed by atoms with E-state index in [0.717, 1.165) is 23.6 Å². The molecule has 0 atom stereocenters. The second kappa shape index (κ2) is 3.05. The fraction of sp³-hybridized carbons (Fsp3) is 0.625. The van der Waals surface area contributed by atoms with Crippen molar-refractivity contribution in [1.82, 2.24) is 9.55 Å². The largest absolute Gasteiger partial charge is 0.390 e. The minimum atomic E-state index is 0.0413. The van der Waals surface area contributed by atoms with Crippen molar-refractivity contribution in [3.05, 3.63) is 17.2 Å². The summed E-state index contributed by atoms with van der Waals surface area (Å²) in [6, 6.07) is 0. The van der Waals surface area contributed by atoms with Crippen LogP contribution in [0.3, 0.4) is 0 Å². The molecule has 1 rings (SSSR count). The molecule has 3 nitrogen and oxygen atoms in total. The molecule has 0 saturated heterocycles. The van der Waals surface area contributed by atoms with E-state index in [1.54, 1.807) is 0 Å². The lowest BCUT2D eigenvalue weighted by Gasteiger charge is -1.98. The number of aromatic nitrogens is 2. The van der Waals surface area contributed by atoms with Gasteiger partial charge in [-0.3, -0.25) is 0 Å². The Hall–Kier alpha value is -0.830. The zero-order valence-corrected chi connectivity index (χ0v) is 7.26. The van der Waals surface area contributed by atoms with E-state index in [1.165, 1.54) is 0 Å². The first-order valence-corrected chi connectivity index (χ1v) is 3.82. The first-order chi connectivity index (χ1) is 5.20. The fourth-order valence-corrected chi connectivity index (χ4v) is 1.16. The number of imidazole rings is 1. The maximum atomic E-state index is 8.88. The van der Waals surface area contributed by atoms with Crippen LogP contribution in [0, 0.1) is 6.92 Å². The average Bonchev–Trinajstić information content (AvgIpc) is 2.30. The van der Waals surface area contributed by atoms with Crippen molar-refractivity contribution >= 4 is 0 Å². The van der Waals surface area contributed by atoms with Crippen LogP contribution in [-0.4, -0.2) is 14.7 Å². The summed E-state index contributed by atoms with van der Waals surface area (Å²) in [4.78, 5) is 4.26. The Bertz CT molecular complexity index is 228. The lowest BCUT2D eigenvalue weighted by Crippen LogP contribution is -1.97. The standard InChI is InChI=1S/C8H14N2O/c1-4-8-9-7(5-11)6(2)10(8)3/h11H,4-5H2,1-3H3. The topological polar surface area (TPSA) is 38.1 Å². The van der Waals surface area contributed by atoms with E-state index in [-0.39, 0.29) is 6.61 Å². The Morgan fingerprint density at radius 1 is 1.55 bits per heavy atom. The summed E-state index contributed by atoms with van der Waals surface area (Å²) in [5, 5.41) is 8.88. The first kappa shape index (κ1) is 8.27. The van der Waals surface area contributed by atoms with Gasteiger partial charge in [0.25, 0.3) is 0 Å². The number of rotatable bonds is 2. The molecular formula is C8H14N2O. The van der Waals surface area contributed by atoms with Gasteiger partial charge in [-0.15, -0.1) is 0 Å². The van der Waals surface area contributed by atoms with Crippen LogP contribution in [0.1, 0.15) is 24.1 Å². The average molecular weight is 154 g/mol. The van der Waals surface area contributed by atoms with Crippen molar-refractivity contribution in [2.45, 2.75) is 26.9 Å². The van der Waals surface area contributed by atoms with E-state index < -0.39 is 0 Å². The molecule has 62 valence electrons. The zero-order valence-electron chi connectivity index (χ0n) is 7.26. The third-order valence-corrected chi connectivity index (χ3v) is 2.04. The highest BCUT2D eigenvalue weighted by Gasteiger charge is 2.07. The van der Waals surface area contributed by atoms with Crippen molar-refractivity contribution in [2.75, 3.05) is 0 Å². The van der Waals surface area contributed by atoms with Gasteiger partial charge >= 0.3 is 0 Å². The van der Waals surface area contributed by atoms with E-state index in [0.29, 0.717) is 0 Å². The highest BCUT2D eigenvalue weighted by Crippen LogP contribution is 2.08. The highest BCUT2D eigenvalue weighted by molar-refractivity contribution is 5.14. The van der Waals surface area contributed by atoms with Crippen LogP contribution >= 0.6 is 0 Å². The summed E-state index contributed by atoms with van der Waals surface area (Å²) in [5.74, 6) is 1.03. The van der Waals surface area contributed by atoms with Gasteiger partial charge in [-0.1, -0.05) is 6.92 Å².